The van der Waals surface area contributed by atoms with E-state index < -0.39 is 0 Å². The quantitative estimate of drug-likeness (QED) is 0.713. The molecule has 1 aliphatic heterocycles. The maximum absolute atomic E-state index is 4.57. The van der Waals surface area contributed by atoms with Gasteiger partial charge >= 0.3 is 0 Å². The molecular formula is C21H29N7. The van der Waals surface area contributed by atoms with Crippen LogP contribution in [0, 0.1) is 13.8 Å². The second-order valence-corrected chi connectivity index (χ2v) is 7.80. The molecule has 0 aliphatic carbocycles. The molecule has 2 aromatic heterocycles. The van der Waals surface area contributed by atoms with Gasteiger partial charge in [-0.05, 0) is 63.9 Å². The van der Waals surface area contributed by atoms with Gasteiger partial charge in [0, 0.05) is 36.6 Å². The number of rotatable bonds is 6. The van der Waals surface area contributed by atoms with E-state index in [1.165, 1.54) is 5.69 Å². The van der Waals surface area contributed by atoms with Crippen molar-refractivity contribution < 1.29 is 0 Å². The summed E-state index contributed by atoms with van der Waals surface area (Å²) in [6.07, 6.45) is 5.67. The first-order chi connectivity index (χ1) is 13.6. The van der Waals surface area contributed by atoms with Crippen molar-refractivity contribution in [2.45, 2.75) is 52.2 Å². The second-order valence-electron chi connectivity index (χ2n) is 7.80. The summed E-state index contributed by atoms with van der Waals surface area (Å²) >= 11 is 0. The average Bonchev–Trinajstić information content (AvgIpc) is 3.31. The van der Waals surface area contributed by atoms with E-state index in [9.17, 15) is 0 Å². The fourth-order valence-electron chi connectivity index (χ4n) is 4.06. The molecule has 0 amide bonds. The van der Waals surface area contributed by atoms with Crippen LogP contribution in [0.3, 0.4) is 0 Å². The number of nitrogens with zero attached hydrogens (tertiary/aromatic N) is 6. The zero-order valence-electron chi connectivity index (χ0n) is 16.9. The summed E-state index contributed by atoms with van der Waals surface area (Å²) in [7, 11) is 0. The van der Waals surface area contributed by atoms with Crippen molar-refractivity contribution in [3.8, 4) is 5.69 Å². The second kappa shape index (κ2) is 8.14. The first-order valence-electron chi connectivity index (χ1n) is 10.1. The van der Waals surface area contributed by atoms with Gasteiger partial charge < -0.3 is 10.2 Å². The average molecular weight is 380 g/mol. The Hall–Kier alpha value is -2.67. The molecule has 1 aliphatic rings. The van der Waals surface area contributed by atoms with E-state index in [4.69, 9.17) is 0 Å². The molecule has 1 fully saturated rings. The van der Waals surface area contributed by atoms with E-state index in [0.717, 1.165) is 49.6 Å². The molecule has 7 heteroatoms. The summed E-state index contributed by atoms with van der Waals surface area (Å²) in [5.41, 5.74) is 4.62. The van der Waals surface area contributed by atoms with Gasteiger partial charge in [0.05, 0.1) is 17.9 Å². The van der Waals surface area contributed by atoms with Crippen molar-refractivity contribution >= 4 is 5.69 Å². The molecule has 1 saturated heterocycles. The van der Waals surface area contributed by atoms with Gasteiger partial charge in [0.1, 0.15) is 12.7 Å². The van der Waals surface area contributed by atoms with Crippen LogP contribution in [-0.2, 0) is 6.54 Å². The lowest BCUT2D eigenvalue weighted by atomic mass is 10.0. The van der Waals surface area contributed by atoms with Crippen molar-refractivity contribution in [1.82, 2.24) is 29.9 Å². The van der Waals surface area contributed by atoms with Gasteiger partial charge in [0.15, 0.2) is 0 Å². The summed E-state index contributed by atoms with van der Waals surface area (Å²) < 4.78 is 3.89. The Morgan fingerprint density at radius 2 is 1.82 bits per heavy atom. The molecule has 0 unspecified atom stereocenters. The van der Waals surface area contributed by atoms with E-state index in [-0.39, 0.29) is 0 Å². The number of aromatic nitrogens is 5. The lowest BCUT2D eigenvalue weighted by Gasteiger charge is -2.35. The summed E-state index contributed by atoms with van der Waals surface area (Å²) in [6, 6.07) is 11.8. The predicted octanol–water partition coefficient (Wildman–Crippen LogP) is 2.73. The van der Waals surface area contributed by atoms with Crippen molar-refractivity contribution in [2.24, 2.45) is 0 Å². The number of hydrogen-bond donors (Lipinski definition) is 1. The van der Waals surface area contributed by atoms with E-state index in [0.29, 0.717) is 12.1 Å². The minimum atomic E-state index is 0.387. The van der Waals surface area contributed by atoms with E-state index in [1.54, 1.807) is 12.7 Å². The van der Waals surface area contributed by atoms with Crippen LogP contribution in [0.1, 0.15) is 31.2 Å². The predicted molar refractivity (Wildman–Crippen MR) is 111 cm³/mol. The topological polar surface area (TPSA) is 63.8 Å². The lowest BCUT2D eigenvalue weighted by Crippen LogP contribution is -2.46. The summed E-state index contributed by atoms with van der Waals surface area (Å²) in [6.45, 7) is 9.35. The smallest absolute Gasteiger partial charge is 0.137 e. The lowest BCUT2D eigenvalue weighted by molar-refractivity contribution is 0.348. The fourth-order valence-corrected chi connectivity index (χ4v) is 4.06. The summed E-state index contributed by atoms with van der Waals surface area (Å²) in [4.78, 5) is 6.49. The molecule has 28 heavy (non-hydrogen) atoms. The Balaban J connectivity index is 1.30. The van der Waals surface area contributed by atoms with E-state index in [2.05, 4.69) is 69.6 Å². The summed E-state index contributed by atoms with van der Waals surface area (Å²) in [5.74, 6) is 0. The number of nitrogens with one attached hydrogen (secondary N) is 1. The van der Waals surface area contributed by atoms with Crippen LogP contribution in [0.2, 0.25) is 0 Å². The van der Waals surface area contributed by atoms with Crippen molar-refractivity contribution in [3.05, 3.63) is 54.4 Å². The van der Waals surface area contributed by atoms with Crippen LogP contribution >= 0.6 is 0 Å². The molecule has 7 nitrogen and oxygen atoms in total. The van der Waals surface area contributed by atoms with Crippen molar-refractivity contribution in [3.63, 3.8) is 0 Å². The van der Waals surface area contributed by atoms with Crippen LogP contribution in [0.5, 0.6) is 0 Å². The van der Waals surface area contributed by atoms with Crippen LogP contribution < -0.4 is 10.2 Å². The van der Waals surface area contributed by atoms with Gasteiger partial charge in [-0.1, -0.05) is 0 Å². The Morgan fingerprint density at radius 1 is 1.11 bits per heavy atom. The molecule has 1 aromatic carbocycles. The van der Waals surface area contributed by atoms with Gasteiger partial charge in [-0.25, -0.2) is 9.67 Å². The number of anilines is 1. The number of benzene rings is 1. The van der Waals surface area contributed by atoms with E-state index >= 15 is 0 Å². The maximum Gasteiger partial charge on any atom is 0.137 e. The van der Waals surface area contributed by atoms with Crippen LogP contribution in [0.15, 0.2) is 43.0 Å². The molecule has 3 aromatic rings. The Bertz CT molecular complexity index is 874. The first-order valence-corrected chi connectivity index (χ1v) is 10.1. The van der Waals surface area contributed by atoms with Gasteiger partial charge in [0.2, 0.25) is 0 Å². The zero-order valence-corrected chi connectivity index (χ0v) is 16.9. The normalized spacial score (nSPS) is 16.5. The van der Waals surface area contributed by atoms with E-state index in [1.807, 2.05) is 16.3 Å². The number of aryl methyl sites for hydroxylation is 2. The first kappa shape index (κ1) is 18.7. The Morgan fingerprint density at radius 3 is 2.43 bits per heavy atom. The van der Waals surface area contributed by atoms with Gasteiger partial charge in [-0.2, -0.15) is 10.2 Å². The molecule has 3 heterocycles. The highest BCUT2D eigenvalue weighted by Crippen LogP contribution is 2.22. The Kier molecular flexibility index (Phi) is 5.43. The highest BCUT2D eigenvalue weighted by atomic mass is 15.3. The van der Waals surface area contributed by atoms with Gasteiger partial charge in [-0.15, -0.1) is 0 Å². The highest BCUT2D eigenvalue weighted by molar-refractivity contribution is 5.51. The van der Waals surface area contributed by atoms with Crippen molar-refractivity contribution in [1.29, 1.82) is 0 Å². The third-order valence-electron chi connectivity index (χ3n) is 5.41. The molecular weight excluding hydrogens is 350 g/mol. The molecule has 0 spiro atoms. The molecule has 148 valence electrons. The molecule has 4 rings (SSSR count). The zero-order chi connectivity index (χ0) is 19.5. The maximum atomic E-state index is 4.57. The molecule has 1 atom stereocenters. The number of piperidine rings is 1. The molecule has 0 saturated carbocycles. The Labute approximate surface area is 166 Å². The monoisotopic (exact) mass is 379 g/mol. The fraction of sp³-hybridized carbons (Fsp3) is 0.476. The van der Waals surface area contributed by atoms with Crippen molar-refractivity contribution in [2.75, 3.05) is 18.0 Å². The van der Waals surface area contributed by atoms with Crippen LogP contribution in [-0.4, -0.2) is 49.7 Å². The number of hydrogen-bond acceptors (Lipinski definition) is 5. The molecule has 0 bridgehead atoms. The SMILES string of the molecule is Cc1cc(C)n(-c2ccc(N3CCC(N[C@H](C)Cn4cncn4)CC3)cc2)n1. The van der Waals surface area contributed by atoms with Gasteiger partial charge in [-0.3, -0.25) is 4.68 Å². The van der Waals surface area contributed by atoms with Crippen LogP contribution in [0.4, 0.5) is 5.69 Å². The summed E-state index contributed by atoms with van der Waals surface area (Å²) in [5, 5.41) is 12.5. The molecule has 0 radical (unpaired) electrons. The van der Waals surface area contributed by atoms with Crippen LogP contribution in [0.25, 0.3) is 5.69 Å². The largest absolute Gasteiger partial charge is 0.371 e. The third-order valence-corrected chi connectivity index (χ3v) is 5.41. The van der Waals surface area contributed by atoms with Gasteiger partial charge in [0.25, 0.3) is 0 Å². The minimum absolute atomic E-state index is 0.387. The molecule has 1 N–H and O–H groups in total. The minimum Gasteiger partial charge on any atom is -0.371 e. The standard InChI is InChI=1S/C21H29N7/c1-16-12-18(3)28(25-16)21-6-4-20(5-7-21)26-10-8-19(9-11-26)24-17(2)13-27-15-22-14-23-27/h4-7,12,14-15,17,19,24H,8-11,13H2,1-3H3/t17-/m1/s1. The highest BCUT2D eigenvalue weighted by Gasteiger charge is 2.21. The third kappa shape index (κ3) is 4.25.